The maximum Gasteiger partial charge on any atom is 0.146 e. The molecule has 0 bridgehead atoms. The number of benzene rings is 2. The average molecular weight is 368 g/mol. The highest BCUT2D eigenvalue weighted by molar-refractivity contribution is 9.09. The number of alkyl halides is 1. The molecule has 0 aliphatic rings. The van der Waals surface area contributed by atoms with Crippen molar-refractivity contribution in [1.82, 2.24) is 0 Å². The van der Waals surface area contributed by atoms with E-state index in [4.69, 9.17) is 34.8 Å². The summed E-state index contributed by atoms with van der Waals surface area (Å²) in [6, 6.07) is 9.94. The molecule has 0 fully saturated rings. The van der Waals surface area contributed by atoms with Gasteiger partial charge in [-0.15, -0.1) is 0 Å². The molecule has 0 spiro atoms. The van der Waals surface area contributed by atoms with Gasteiger partial charge in [0.1, 0.15) is 5.82 Å². The topological polar surface area (TPSA) is 0 Å². The summed E-state index contributed by atoms with van der Waals surface area (Å²) in [4.78, 5) is -0.374. The Hall–Kier alpha value is -0.280. The molecule has 5 heteroatoms. The van der Waals surface area contributed by atoms with Gasteiger partial charge in [0.05, 0.1) is 9.85 Å². The standard InChI is InChI=1S/C13H7BrCl3F/c14-12(8-5-4-7(15)6-11(8)17)9-2-1-3-10(16)13(9)18/h1-6,12H. The Balaban J connectivity index is 2.48. The van der Waals surface area contributed by atoms with Crippen LogP contribution in [0.2, 0.25) is 15.1 Å². The molecule has 0 aliphatic carbocycles. The van der Waals surface area contributed by atoms with Crippen molar-refractivity contribution >= 4 is 50.7 Å². The van der Waals surface area contributed by atoms with Crippen molar-refractivity contribution in [1.29, 1.82) is 0 Å². The van der Waals surface area contributed by atoms with Crippen molar-refractivity contribution in [3.05, 3.63) is 68.4 Å². The summed E-state index contributed by atoms with van der Waals surface area (Å²) < 4.78 is 13.9. The highest BCUT2D eigenvalue weighted by atomic mass is 79.9. The van der Waals surface area contributed by atoms with Crippen molar-refractivity contribution in [3.8, 4) is 0 Å². The first-order valence-electron chi connectivity index (χ1n) is 5.03. The van der Waals surface area contributed by atoms with E-state index >= 15 is 0 Å². The Morgan fingerprint density at radius 1 is 0.944 bits per heavy atom. The summed E-state index contributed by atoms with van der Waals surface area (Å²) in [5, 5.41) is 1.10. The number of hydrogen-bond acceptors (Lipinski definition) is 0. The van der Waals surface area contributed by atoms with Gasteiger partial charge in [0.2, 0.25) is 0 Å². The second-order valence-corrected chi connectivity index (χ2v) is 5.84. The molecule has 0 aliphatic heterocycles. The zero-order valence-electron chi connectivity index (χ0n) is 8.93. The third kappa shape index (κ3) is 2.83. The number of rotatable bonds is 2. The van der Waals surface area contributed by atoms with Crippen LogP contribution < -0.4 is 0 Å². The zero-order valence-corrected chi connectivity index (χ0v) is 12.8. The Morgan fingerprint density at radius 3 is 2.33 bits per heavy atom. The summed E-state index contributed by atoms with van der Waals surface area (Å²) in [5.41, 5.74) is 1.17. The van der Waals surface area contributed by atoms with E-state index in [9.17, 15) is 4.39 Å². The van der Waals surface area contributed by atoms with Gasteiger partial charge in [-0.1, -0.05) is 68.9 Å². The van der Waals surface area contributed by atoms with E-state index in [1.807, 2.05) is 0 Å². The molecule has 1 atom stereocenters. The first-order chi connectivity index (χ1) is 8.50. The summed E-state index contributed by atoms with van der Waals surface area (Å²) in [5.74, 6) is -0.452. The van der Waals surface area contributed by atoms with Gasteiger partial charge in [-0.2, -0.15) is 0 Å². The van der Waals surface area contributed by atoms with Crippen molar-refractivity contribution < 1.29 is 4.39 Å². The van der Waals surface area contributed by atoms with E-state index in [-0.39, 0.29) is 9.85 Å². The van der Waals surface area contributed by atoms with Crippen molar-refractivity contribution in [2.24, 2.45) is 0 Å². The third-order valence-electron chi connectivity index (χ3n) is 2.49. The quantitative estimate of drug-likeness (QED) is 0.548. The molecule has 2 aromatic carbocycles. The number of hydrogen-bond donors (Lipinski definition) is 0. The van der Waals surface area contributed by atoms with Crippen LogP contribution in [0, 0.1) is 5.82 Å². The fraction of sp³-hybridized carbons (Fsp3) is 0.0769. The van der Waals surface area contributed by atoms with Crippen LogP contribution in [-0.4, -0.2) is 0 Å². The molecule has 0 saturated heterocycles. The summed E-state index contributed by atoms with van der Waals surface area (Å²) in [6.45, 7) is 0. The van der Waals surface area contributed by atoms with Crippen LogP contribution in [0.1, 0.15) is 16.0 Å². The van der Waals surface area contributed by atoms with Gasteiger partial charge in [0.15, 0.2) is 0 Å². The molecule has 0 heterocycles. The normalized spacial score (nSPS) is 12.5. The van der Waals surface area contributed by atoms with Gasteiger partial charge in [0.25, 0.3) is 0 Å². The molecule has 0 saturated carbocycles. The minimum absolute atomic E-state index is 0.0852. The smallest absolute Gasteiger partial charge is 0.146 e. The van der Waals surface area contributed by atoms with Crippen molar-refractivity contribution in [2.45, 2.75) is 4.83 Å². The van der Waals surface area contributed by atoms with Crippen LogP contribution in [-0.2, 0) is 0 Å². The van der Waals surface area contributed by atoms with Crippen LogP contribution in [0.15, 0.2) is 36.4 Å². The van der Waals surface area contributed by atoms with Crippen LogP contribution in [0.3, 0.4) is 0 Å². The van der Waals surface area contributed by atoms with Gasteiger partial charge in [-0.25, -0.2) is 4.39 Å². The van der Waals surface area contributed by atoms with Crippen LogP contribution >= 0.6 is 50.7 Å². The Bertz CT molecular complexity index is 586. The minimum Gasteiger partial charge on any atom is -0.205 e. The molecule has 18 heavy (non-hydrogen) atoms. The van der Waals surface area contributed by atoms with Gasteiger partial charge in [0, 0.05) is 15.6 Å². The van der Waals surface area contributed by atoms with Gasteiger partial charge >= 0.3 is 0 Å². The predicted octanol–water partition coefficient (Wildman–Crippen LogP) is 6.27. The van der Waals surface area contributed by atoms with Crippen molar-refractivity contribution in [2.75, 3.05) is 0 Å². The summed E-state index contributed by atoms with van der Waals surface area (Å²) >= 11 is 21.1. The van der Waals surface area contributed by atoms with Crippen LogP contribution in [0.25, 0.3) is 0 Å². The lowest BCUT2D eigenvalue weighted by Gasteiger charge is -2.14. The molecule has 94 valence electrons. The molecule has 2 rings (SSSR count). The SMILES string of the molecule is Fc1c(Cl)cccc1C(Br)c1ccc(Cl)cc1Cl. The van der Waals surface area contributed by atoms with Gasteiger partial charge < -0.3 is 0 Å². The van der Waals surface area contributed by atoms with Crippen LogP contribution in [0.4, 0.5) is 4.39 Å². The molecular weight excluding hydrogens is 361 g/mol. The summed E-state index contributed by atoms with van der Waals surface area (Å²) in [6.07, 6.45) is 0. The maximum absolute atomic E-state index is 13.9. The lowest BCUT2D eigenvalue weighted by molar-refractivity contribution is 0.614. The highest BCUT2D eigenvalue weighted by Crippen LogP contribution is 2.38. The second-order valence-electron chi connectivity index (χ2n) is 3.67. The molecule has 2 aromatic rings. The predicted molar refractivity (Wildman–Crippen MR) is 78.6 cm³/mol. The molecule has 0 nitrogen and oxygen atoms in total. The molecular formula is C13H7BrCl3F. The maximum atomic E-state index is 13.9. The summed E-state index contributed by atoms with van der Waals surface area (Å²) in [7, 11) is 0. The van der Waals surface area contributed by atoms with E-state index < -0.39 is 5.82 Å². The van der Waals surface area contributed by atoms with Gasteiger partial charge in [-0.3, -0.25) is 0 Å². The van der Waals surface area contributed by atoms with E-state index in [1.165, 1.54) is 6.07 Å². The van der Waals surface area contributed by atoms with E-state index in [1.54, 1.807) is 30.3 Å². The number of halogens is 5. The van der Waals surface area contributed by atoms with Crippen molar-refractivity contribution in [3.63, 3.8) is 0 Å². The highest BCUT2D eigenvalue weighted by Gasteiger charge is 2.19. The third-order valence-corrected chi connectivity index (χ3v) is 4.33. The zero-order chi connectivity index (χ0) is 13.3. The Kier molecular flexibility index (Phi) is 4.54. The Labute approximate surface area is 128 Å². The van der Waals surface area contributed by atoms with E-state index in [0.29, 0.717) is 15.6 Å². The molecule has 0 radical (unpaired) electrons. The lowest BCUT2D eigenvalue weighted by Crippen LogP contribution is -1.98. The van der Waals surface area contributed by atoms with Gasteiger partial charge in [-0.05, 0) is 23.8 Å². The monoisotopic (exact) mass is 366 g/mol. The largest absolute Gasteiger partial charge is 0.205 e. The average Bonchev–Trinajstić information content (AvgIpc) is 2.32. The minimum atomic E-state index is -0.452. The molecule has 0 amide bonds. The molecule has 0 N–H and O–H groups in total. The lowest BCUT2D eigenvalue weighted by atomic mass is 10.0. The molecule has 0 aromatic heterocycles. The first kappa shape index (κ1) is 14.1. The molecule has 1 unspecified atom stereocenters. The Morgan fingerprint density at radius 2 is 1.67 bits per heavy atom. The van der Waals surface area contributed by atoms with Crippen LogP contribution in [0.5, 0.6) is 0 Å². The van der Waals surface area contributed by atoms with E-state index in [2.05, 4.69) is 15.9 Å². The fourth-order valence-electron chi connectivity index (χ4n) is 1.59. The second kappa shape index (κ2) is 5.79. The first-order valence-corrected chi connectivity index (χ1v) is 7.08. The van der Waals surface area contributed by atoms with E-state index in [0.717, 1.165) is 5.56 Å². The fourth-order valence-corrected chi connectivity index (χ4v) is 3.17.